The molecule has 0 aliphatic carbocycles. The molecule has 1 aromatic carbocycles. The van der Waals surface area contributed by atoms with Gasteiger partial charge in [-0.1, -0.05) is 0 Å². The molecule has 1 aromatic rings. The number of likely N-dealkylation sites (tertiary alicyclic amines) is 1. The fourth-order valence-corrected chi connectivity index (χ4v) is 2.29. The van der Waals surface area contributed by atoms with Crippen molar-refractivity contribution >= 4 is 11.9 Å². The van der Waals surface area contributed by atoms with Crippen LogP contribution >= 0.6 is 0 Å². The molecule has 1 heterocycles. The summed E-state index contributed by atoms with van der Waals surface area (Å²) in [5, 5.41) is 8.90. The molecule has 0 bridgehead atoms. The van der Waals surface area contributed by atoms with Gasteiger partial charge in [0.05, 0.1) is 5.92 Å². The van der Waals surface area contributed by atoms with E-state index in [9.17, 15) is 14.0 Å². The Labute approximate surface area is 110 Å². The lowest BCUT2D eigenvalue weighted by atomic mass is 9.96. The van der Waals surface area contributed by atoms with Crippen LogP contribution in [0, 0.1) is 18.7 Å². The molecule has 102 valence electrons. The third-order valence-electron chi connectivity index (χ3n) is 3.54. The lowest BCUT2D eigenvalue weighted by Gasteiger charge is -2.30. The minimum atomic E-state index is -0.801. The van der Waals surface area contributed by atoms with E-state index in [1.165, 1.54) is 18.2 Å². The normalized spacial score (nSPS) is 16.4. The van der Waals surface area contributed by atoms with E-state index in [1.807, 2.05) is 0 Å². The molecule has 0 saturated carbocycles. The monoisotopic (exact) mass is 265 g/mol. The highest BCUT2D eigenvalue weighted by Gasteiger charge is 2.27. The Kier molecular flexibility index (Phi) is 3.83. The summed E-state index contributed by atoms with van der Waals surface area (Å²) in [6.45, 7) is 2.49. The highest BCUT2D eigenvalue weighted by atomic mass is 19.1. The molecule has 0 aromatic heterocycles. The number of aliphatic carboxylic acids is 1. The first-order chi connectivity index (χ1) is 8.99. The molecule has 0 atom stereocenters. The number of aryl methyl sites for hydroxylation is 1. The molecule has 4 nitrogen and oxygen atoms in total. The molecule has 19 heavy (non-hydrogen) atoms. The molecular weight excluding hydrogens is 249 g/mol. The van der Waals surface area contributed by atoms with E-state index in [4.69, 9.17) is 5.11 Å². The number of hydrogen-bond acceptors (Lipinski definition) is 2. The van der Waals surface area contributed by atoms with Crippen LogP contribution in [0.25, 0.3) is 0 Å². The molecule has 1 saturated heterocycles. The first-order valence-electron chi connectivity index (χ1n) is 6.27. The van der Waals surface area contributed by atoms with Gasteiger partial charge in [0.15, 0.2) is 0 Å². The maximum absolute atomic E-state index is 13.2. The molecule has 1 fully saturated rings. The SMILES string of the molecule is Cc1cc(C(=O)N2CCC(C(=O)O)CC2)ccc1F. The predicted molar refractivity (Wildman–Crippen MR) is 67.4 cm³/mol. The van der Waals surface area contributed by atoms with Crippen molar-refractivity contribution in [2.75, 3.05) is 13.1 Å². The molecule has 1 N–H and O–H groups in total. The van der Waals surface area contributed by atoms with Crippen LogP contribution in [0.15, 0.2) is 18.2 Å². The Hall–Kier alpha value is -1.91. The van der Waals surface area contributed by atoms with Gasteiger partial charge in [0.1, 0.15) is 5.82 Å². The van der Waals surface area contributed by atoms with Crippen molar-refractivity contribution in [3.05, 3.63) is 35.1 Å². The van der Waals surface area contributed by atoms with Crippen LogP contribution in [0.2, 0.25) is 0 Å². The fourth-order valence-electron chi connectivity index (χ4n) is 2.29. The van der Waals surface area contributed by atoms with Gasteiger partial charge in [-0.05, 0) is 43.5 Å². The third kappa shape index (κ3) is 2.92. The zero-order valence-corrected chi connectivity index (χ0v) is 10.7. The van der Waals surface area contributed by atoms with Gasteiger partial charge in [-0.15, -0.1) is 0 Å². The molecule has 0 unspecified atom stereocenters. The van der Waals surface area contributed by atoms with Crippen LogP contribution in [0.5, 0.6) is 0 Å². The number of piperidine rings is 1. The van der Waals surface area contributed by atoms with Crippen LogP contribution in [0.4, 0.5) is 4.39 Å². The highest BCUT2D eigenvalue weighted by Crippen LogP contribution is 2.20. The first-order valence-corrected chi connectivity index (χ1v) is 6.27. The molecule has 0 spiro atoms. The Bertz CT molecular complexity index is 507. The Morgan fingerprint density at radius 2 is 1.95 bits per heavy atom. The first kappa shape index (κ1) is 13.5. The molecule has 1 amide bonds. The molecular formula is C14H16FNO3. The summed E-state index contributed by atoms with van der Waals surface area (Å²) in [6, 6.07) is 4.28. The standard InChI is InChI=1S/C14H16FNO3/c1-9-8-11(2-3-12(9)15)13(17)16-6-4-10(5-7-16)14(18)19/h2-3,8,10H,4-7H2,1H3,(H,18,19). The van der Waals surface area contributed by atoms with E-state index in [0.29, 0.717) is 37.1 Å². The van der Waals surface area contributed by atoms with Crippen LogP contribution < -0.4 is 0 Å². The molecule has 2 rings (SSSR count). The van der Waals surface area contributed by atoms with Crippen LogP contribution in [0.1, 0.15) is 28.8 Å². The van der Waals surface area contributed by atoms with E-state index in [-0.39, 0.29) is 17.6 Å². The van der Waals surface area contributed by atoms with Gasteiger partial charge in [0.25, 0.3) is 5.91 Å². The number of amides is 1. The molecule has 5 heteroatoms. The maximum atomic E-state index is 13.2. The average molecular weight is 265 g/mol. The number of carbonyl (C=O) groups is 2. The number of carbonyl (C=O) groups excluding carboxylic acids is 1. The van der Waals surface area contributed by atoms with Crippen molar-refractivity contribution < 1.29 is 19.1 Å². The van der Waals surface area contributed by atoms with Gasteiger partial charge in [0.2, 0.25) is 0 Å². The van der Waals surface area contributed by atoms with Crippen molar-refractivity contribution in [2.24, 2.45) is 5.92 Å². The topological polar surface area (TPSA) is 57.6 Å². The number of carboxylic acids is 1. The third-order valence-corrected chi connectivity index (χ3v) is 3.54. The second-order valence-electron chi connectivity index (χ2n) is 4.87. The van der Waals surface area contributed by atoms with E-state index in [1.54, 1.807) is 11.8 Å². The van der Waals surface area contributed by atoms with E-state index < -0.39 is 5.97 Å². The second kappa shape index (κ2) is 5.38. The van der Waals surface area contributed by atoms with Gasteiger partial charge in [0, 0.05) is 18.7 Å². The number of carboxylic acid groups (broad SMARTS) is 1. The summed E-state index contributed by atoms with van der Waals surface area (Å²) in [5.41, 5.74) is 0.888. The van der Waals surface area contributed by atoms with Gasteiger partial charge in [-0.3, -0.25) is 9.59 Å². The lowest BCUT2D eigenvalue weighted by molar-refractivity contribution is -0.143. The smallest absolute Gasteiger partial charge is 0.306 e. The van der Waals surface area contributed by atoms with Gasteiger partial charge in [-0.25, -0.2) is 4.39 Å². The quantitative estimate of drug-likeness (QED) is 0.890. The summed E-state index contributed by atoms with van der Waals surface area (Å²) in [7, 11) is 0. The van der Waals surface area contributed by atoms with Gasteiger partial charge in [-0.2, -0.15) is 0 Å². The maximum Gasteiger partial charge on any atom is 0.306 e. The summed E-state index contributed by atoms with van der Waals surface area (Å²) >= 11 is 0. The molecule has 1 aliphatic heterocycles. The lowest BCUT2D eigenvalue weighted by Crippen LogP contribution is -2.40. The van der Waals surface area contributed by atoms with E-state index in [2.05, 4.69) is 0 Å². The number of rotatable bonds is 2. The van der Waals surface area contributed by atoms with Crippen LogP contribution in [-0.2, 0) is 4.79 Å². The molecule has 1 aliphatic rings. The number of halogens is 1. The number of benzene rings is 1. The predicted octanol–water partition coefficient (Wildman–Crippen LogP) is 2.07. The van der Waals surface area contributed by atoms with Crippen molar-refractivity contribution in [3.8, 4) is 0 Å². The summed E-state index contributed by atoms with van der Waals surface area (Å²) < 4.78 is 13.2. The zero-order chi connectivity index (χ0) is 14.0. The van der Waals surface area contributed by atoms with Gasteiger partial charge >= 0.3 is 5.97 Å². The van der Waals surface area contributed by atoms with Crippen molar-refractivity contribution in [3.63, 3.8) is 0 Å². The summed E-state index contributed by atoms with van der Waals surface area (Å²) in [5.74, 6) is -1.66. The minimum absolute atomic E-state index is 0.160. The second-order valence-corrected chi connectivity index (χ2v) is 4.87. The highest BCUT2D eigenvalue weighted by molar-refractivity contribution is 5.94. The number of nitrogens with zero attached hydrogens (tertiary/aromatic N) is 1. The van der Waals surface area contributed by atoms with Crippen molar-refractivity contribution in [1.82, 2.24) is 4.90 Å². The van der Waals surface area contributed by atoms with Crippen molar-refractivity contribution in [2.45, 2.75) is 19.8 Å². The zero-order valence-electron chi connectivity index (χ0n) is 10.7. The van der Waals surface area contributed by atoms with Crippen molar-refractivity contribution in [1.29, 1.82) is 0 Å². The minimum Gasteiger partial charge on any atom is -0.481 e. The molecule has 0 radical (unpaired) electrons. The van der Waals surface area contributed by atoms with Crippen LogP contribution in [-0.4, -0.2) is 35.0 Å². The largest absolute Gasteiger partial charge is 0.481 e. The van der Waals surface area contributed by atoms with Gasteiger partial charge < -0.3 is 10.0 Å². The Morgan fingerprint density at radius 1 is 1.32 bits per heavy atom. The average Bonchev–Trinajstić information content (AvgIpc) is 2.41. The van der Waals surface area contributed by atoms with Crippen LogP contribution in [0.3, 0.4) is 0 Å². The fraction of sp³-hybridized carbons (Fsp3) is 0.429. The Balaban J connectivity index is 2.05. The summed E-state index contributed by atoms with van der Waals surface area (Å²) in [4.78, 5) is 24.7. The summed E-state index contributed by atoms with van der Waals surface area (Å²) in [6.07, 6.45) is 0.947. The number of hydrogen-bond donors (Lipinski definition) is 1. The van der Waals surface area contributed by atoms with E-state index in [0.717, 1.165) is 0 Å². The Morgan fingerprint density at radius 3 is 2.47 bits per heavy atom. The van der Waals surface area contributed by atoms with E-state index >= 15 is 0 Å².